The number of nitrogens with one attached hydrogen (secondary N) is 1. The number of amides is 1. The number of hydrogen-bond donors (Lipinski definition) is 2. The van der Waals surface area contributed by atoms with E-state index in [1.165, 1.54) is 28.6 Å². The summed E-state index contributed by atoms with van der Waals surface area (Å²) in [6.45, 7) is 1.38. The van der Waals surface area contributed by atoms with E-state index in [-0.39, 0.29) is 16.8 Å². The van der Waals surface area contributed by atoms with E-state index in [1.54, 1.807) is 0 Å². The van der Waals surface area contributed by atoms with Crippen LogP contribution in [0.5, 0.6) is 0 Å². The Hall–Kier alpha value is -1.97. The number of ether oxygens (including phenoxy) is 1. The minimum atomic E-state index is -3.59. The molecule has 1 aliphatic carbocycles. The molecular formula is C17H22N2O6S. The maximum atomic E-state index is 12.6. The van der Waals surface area contributed by atoms with E-state index in [0.717, 1.165) is 0 Å². The summed E-state index contributed by atoms with van der Waals surface area (Å²) >= 11 is 0. The van der Waals surface area contributed by atoms with Crippen LogP contribution < -0.4 is 5.32 Å². The number of hydrogen-bond acceptors (Lipinski definition) is 5. The fourth-order valence-electron chi connectivity index (χ4n) is 3.32. The van der Waals surface area contributed by atoms with E-state index in [9.17, 15) is 18.0 Å². The number of carboxylic acids is 1. The summed E-state index contributed by atoms with van der Waals surface area (Å²) in [4.78, 5) is 23.4. The van der Waals surface area contributed by atoms with Crippen molar-refractivity contribution in [3.05, 3.63) is 29.8 Å². The van der Waals surface area contributed by atoms with Gasteiger partial charge in [-0.1, -0.05) is 0 Å². The highest BCUT2D eigenvalue weighted by atomic mass is 32.2. The summed E-state index contributed by atoms with van der Waals surface area (Å²) in [6.07, 6.45) is 1.60. The van der Waals surface area contributed by atoms with Gasteiger partial charge in [-0.05, 0) is 43.5 Å². The quantitative estimate of drug-likeness (QED) is 0.775. The molecule has 1 saturated carbocycles. The maximum absolute atomic E-state index is 12.6. The van der Waals surface area contributed by atoms with Crippen molar-refractivity contribution in [2.45, 2.75) is 30.2 Å². The first kappa shape index (κ1) is 18.8. The lowest BCUT2D eigenvalue weighted by Crippen LogP contribution is -2.40. The zero-order valence-corrected chi connectivity index (χ0v) is 15.1. The molecule has 0 aromatic heterocycles. The largest absolute Gasteiger partial charge is 0.481 e. The van der Waals surface area contributed by atoms with Crippen LogP contribution in [0.4, 0.5) is 0 Å². The molecule has 142 valence electrons. The third-order valence-corrected chi connectivity index (χ3v) is 6.75. The lowest BCUT2D eigenvalue weighted by molar-refractivity contribution is -0.141. The van der Waals surface area contributed by atoms with Crippen LogP contribution in [-0.4, -0.2) is 62.1 Å². The SMILES string of the molecule is O=C(N[C@H]1CC[C@@H](C(=O)O)C1)c1ccc(S(=O)(=O)N2CCOCC2)cc1. The summed E-state index contributed by atoms with van der Waals surface area (Å²) in [5.41, 5.74) is 0.352. The van der Waals surface area contributed by atoms with Crippen LogP contribution in [0.2, 0.25) is 0 Å². The maximum Gasteiger partial charge on any atom is 0.306 e. The third-order valence-electron chi connectivity index (χ3n) is 4.84. The van der Waals surface area contributed by atoms with Crippen molar-refractivity contribution in [1.82, 2.24) is 9.62 Å². The molecule has 0 spiro atoms. The zero-order valence-electron chi connectivity index (χ0n) is 14.3. The molecule has 26 heavy (non-hydrogen) atoms. The topological polar surface area (TPSA) is 113 Å². The Labute approximate surface area is 152 Å². The standard InChI is InChI=1S/C17H22N2O6S/c20-16(18-14-4-1-13(11-14)17(21)22)12-2-5-15(6-3-12)26(23,24)19-7-9-25-10-8-19/h2-3,5-6,13-14H,1,4,7-11H2,(H,18,20)(H,21,22)/t13-,14+/m1/s1. The molecule has 1 heterocycles. The molecule has 2 N–H and O–H groups in total. The van der Waals surface area contributed by atoms with Gasteiger partial charge in [-0.2, -0.15) is 4.31 Å². The highest BCUT2D eigenvalue weighted by Crippen LogP contribution is 2.26. The van der Waals surface area contributed by atoms with Gasteiger partial charge in [0.2, 0.25) is 10.0 Å². The lowest BCUT2D eigenvalue weighted by atomic mass is 10.1. The zero-order chi connectivity index (χ0) is 18.7. The van der Waals surface area contributed by atoms with E-state index in [1.807, 2.05) is 0 Å². The van der Waals surface area contributed by atoms with Crippen LogP contribution in [0, 0.1) is 5.92 Å². The fourth-order valence-corrected chi connectivity index (χ4v) is 4.73. The molecule has 0 radical (unpaired) electrons. The molecule has 0 unspecified atom stereocenters. The van der Waals surface area contributed by atoms with Gasteiger partial charge in [-0.25, -0.2) is 8.42 Å². The molecule has 1 amide bonds. The first-order chi connectivity index (χ1) is 12.4. The van der Waals surface area contributed by atoms with E-state index in [4.69, 9.17) is 9.84 Å². The van der Waals surface area contributed by atoms with Crippen molar-refractivity contribution in [3.63, 3.8) is 0 Å². The second-order valence-corrected chi connectivity index (χ2v) is 8.50. The Morgan fingerprint density at radius 3 is 2.35 bits per heavy atom. The first-order valence-corrected chi connectivity index (χ1v) is 10.0. The molecule has 0 bridgehead atoms. The van der Waals surface area contributed by atoms with E-state index in [2.05, 4.69) is 5.32 Å². The van der Waals surface area contributed by atoms with Crippen LogP contribution in [-0.2, 0) is 19.6 Å². The molecule has 1 aromatic rings. The molecular weight excluding hydrogens is 360 g/mol. The average molecular weight is 382 g/mol. The highest BCUT2D eigenvalue weighted by molar-refractivity contribution is 7.89. The second kappa shape index (κ2) is 7.73. The number of aliphatic carboxylic acids is 1. The number of nitrogens with zero attached hydrogens (tertiary/aromatic N) is 1. The number of morpholine rings is 1. The summed E-state index contributed by atoms with van der Waals surface area (Å²) in [5, 5.41) is 11.8. The average Bonchev–Trinajstić information content (AvgIpc) is 3.11. The van der Waals surface area contributed by atoms with Crippen molar-refractivity contribution in [2.24, 2.45) is 5.92 Å². The number of benzene rings is 1. The van der Waals surface area contributed by atoms with Crippen molar-refractivity contribution in [1.29, 1.82) is 0 Å². The van der Waals surface area contributed by atoms with Gasteiger partial charge in [-0.3, -0.25) is 9.59 Å². The van der Waals surface area contributed by atoms with Gasteiger partial charge in [0, 0.05) is 24.7 Å². The fraction of sp³-hybridized carbons (Fsp3) is 0.529. The number of rotatable bonds is 5. The Bertz CT molecular complexity index is 771. The van der Waals surface area contributed by atoms with Gasteiger partial charge in [0.1, 0.15) is 0 Å². The van der Waals surface area contributed by atoms with Crippen molar-refractivity contribution in [3.8, 4) is 0 Å². The Balaban J connectivity index is 1.64. The number of carboxylic acid groups (broad SMARTS) is 1. The van der Waals surface area contributed by atoms with Gasteiger partial charge in [0.25, 0.3) is 5.91 Å². The predicted octanol–water partition coefficient (Wildman–Crippen LogP) is 0.691. The van der Waals surface area contributed by atoms with Crippen molar-refractivity contribution in [2.75, 3.05) is 26.3 Å². The van der Waals surface area contributed by atoms with Gasteiger partial charge in [-0.15, -0.1) is 0 Å². The van der Waals surface area contributed by atoms with Gasteiger partial charge >= 0.3 is 5.97 Å². The van der Waals surface area contributed by atoms with Crippen LogP contribution in [0.15, 0.2) is 29.2 Å². The molecule has 2 fully saturated rings. The van der Waals surface area contributed by atoms with E-state index < -0.39 is 21.9 Å². The molecule has 2 atom stereocenters. The van der Waals surface area contributed by atoms with E-state index >= 15 is 0 Å². The minimum absolute atomic E-state index is 0.141. The summed E-state index contributed by atoms with van der Waals surface area (Å²) in [5.74, 6) is -1.57. The smallest absolute Gasteiger partial charge is 0.306 e. The van der Waals surface area contributed by atoms with Gasteiger partial charge in [0.05, 0.1) is 24.0 Å². The summed E-state index contributed by atoms with van der Waals surface area (Å²) in [7, 11) is -3.59. The number of carbonyl (C=O) groups excluding carboxylic acids is 1. The lowest BCUT2D eigenvalue weighted by Gasteiger charge is -2.26. The third kappa shape index (κ3) is 4.05. The van der Waals surface area contributed by atoms with Gasteiger partial charge in [0.15, 0.2) is 0 Å². The minimum Gasteiger partial charge on any atom is -0.481 e. The van der Waals surface area contributed by atoms with Gasteiger partial charge < -0.3 is 15.2 Å². The Morgan fingerprint density at radius 2 is 1.77 bits per heavy atom. The predicted molar refractivity (Wildman–Crippen MR) is 92.3 cm³/mol. The molecule has 1 aliphatic heterocycles. The summed E-state index contributed by atoms with van der Waals surface area (Å²) < 4.78 is 31.7. The van der Waals surface area contributed by atoms with Crippen LogP contribution in [0.3, 0.4) is 0 Å². The molecule has 9 heteroatoms. The Morgan fingerprint density at radius 1 is 1.12 bits per heavy atom. The van der Waals surface area contributed by atoms with E-state index in [0.29, 0.717) is 51.1 Å². The monoisotopic (exact) mass is 382 g/mol. The summed E-state index contributed by atoms with van der Waals surface area (Å²) in [6, 6.07) is 5.64. The molecule has 3 rings (SSSR count). The van der Waals surface area contributed by atoms with Crippen LogP contribution in [0.1, 0.15) is 29.6 Å². The molecule has 1 aromatic carbocycles. The van der Waals surface area contributed by atoms with Crippen LogP contribution >= 0.6 is 0 Å². The number of carbonyl (C=O) groups is 2. The first-order valence-electron chi connectivity index (χ1n) is 8.59. The number of sulfonamides is 1. The highest BCUT2D eigenvalue weighted by Gasteiger charge is 2.31. The second-order valence-electron chi connectivity index (χ2n) is 6.56. The van der Waals surface area contributed by atoms with Crippen molar-refractivity contribution >= 4 is 21.9 Å². The van der Waals surface area contributed by atoms with Crippen LogP contribution in [0.25, 0.3) is 0 Å². The Kier molecular flexibility index (Phi) is 5.59. The molecule has 1 saturated heterocycles. The van der Waals surface area contributed by atoms with Crippen molar-refractivity contribution < 1.29 is 27.9 Å². The normalized spacial score (nSPS) is 24.3. The molecule has 2 aliphatic rings. The molecule has 8 nitrogen and oxygen atoms in total.